The molecule has 0 amide bonds. The fraction of sp³-hybridized carbons (Fsp3) is 0.857. The summed E-state index contributed by atoms with van der Waals surface area (Å²) in [6.45, 7) is 3.70. The van der Waals surface area contributed by atoms with Crippen LogP contribution in [0.2, 0.25) is 0 Å². The van der Waals surface area contributed by atoms with Gasteiger partial charge in [-0.3, -0.25) is 14.1 Å². The summed E-state index contributed by atoms with van der Waals surface area (Å²) in [5.41, 5.74) is 0. The first-order valence-electron chi connectivity index (χ1n) is 21.4. The van der Waals surface area contributed by atoms with Crippen molar-refractivity contribution in [1.29, 1.82) is 0 Å². The second-order valence-electron chi connectivity index (χ2n) is 15.0. The van der Waals surface area contributed by atoms with E-state index in [0.29, 0.717) is 12.8 Å². The third-order valence-corrected chi connectivity index (χ3v) is 10.5. The molecule has 322 valence electrons. The molecule has 0 spiro atoms. The minimum Gasteiger partial charge on any atom is -0.462 e. The molecule has 0 aliphatic carbocycles. The fourth-order valence-corrected chi connectivity index (χ4v) is 7.06. The molecule has 1 aliphatic rings. The first kappa shape index (κ1) is 51.1. The minimum absolute atomic E-state index is 0.154. The molecule has 0 saturated carbocycles. The van der Waals surface area contributed by atoms with Gasteiger partial charge in [0, 0.05) is 12.8 Å². The number of hydrogen-bond acceptors (Lipinski definition) is 11. The smallest absolute Gasteiger partial charge is 0.306 e. The third kappa shape index (κ3) is 28.2. The van der Waals surface area contributed by atoms with Crippen LogP contribution in [-0.4, -0.2) is 96.0 Å². The predicted molar refractivity (Wildman–Crippen MR) is 215 cm³/mol. The van der Waals surface area contributed by atoms with Crippen molar-refractivity contribution in [2.45, 2.75) is 211 Å². The Labute approximate surface area is 332 Å². The van der Waals surface area contributed by atoms with Gasteiger partial charge in [0.1, 0.15) is 36.8 Å². The van der Waals surface area contributed by atoms with Gasteiger partial charge in [-0.25, -0.2) is 0 Å². The number of carbonyl (C=O) groups excluding carboxylic acids is 2. The molecule has 4 N–H and O–H groups in total. The molecule has 0 aromatic carbocycles. The molecule has 1 aliphatic heterocycles. The Morgan fingerprint density at radius 2 is 1.04 bits per heavy atom. The lowest BCUT2D eigenvalue weighted by Gasteiger charge is -2.40. The summed E-state index contributed by atoms with van der Waals surface area (Å²) < 4.78 is 53.9. The van der Waals surface area contributed by atoms with Crippen LogP contribution in [0.3, 0.4) is 0 Å². The highest BCUT2D eigenvalue weighted by Gasteiger charge is 2.46. The van der Waals surface area contributed by atoms with Gasteiger partial charge in [0.05, 0.1) is 6.61 Å². The van der Waals surface area contributed by atoms with Crippen LogP contribution < -0.4 is 0 Å². The van der Waals surface area contributed by atoms with Crippen LogP contribution in [0.25, 0.3) is 0 Å². The number of hydrogen-bond donors (Lipinski definition) is 4. The van der Waals surface area contributed by atoms with Gasteiger partial charge >= 0.3 is 11.9 Å². The van der Waals surface area contributed by atoms with Gasteiger partial charge in [-0.2, -0.15) is 8.42 Å². The molecule has 0 radical (unpaired) electrons. The van der Waals surface area contributed by atoms with E-state index in [0.717, 1.165) is 77.0 Å². The monoisotopic (exact) mass is 805 g/mol. The zero-order chi connectivity index (χ0) is 40.6. The second-order valence-corrected chi connectivity index (χ2v) is 16.5. The lowest BCUT2D eigenvalue weighted by atomic mass is 10.00. The lowest BCUT2D eigenvalue weighted by molar-refractivity contribution is -0.297. The van der Waals surface area contributed by atoms with E-state index in [1.807, 2.05) is 0 Å². The molecular weight excluding hydrogens is 729 g/mol. The van der Waals surface area contributed by atoms with Crippen LogP contribution in [0, 0.1) is 0 Å². The maximum absolute atomic E-state index is 12.8. The first-order valence-corrected chi connectivity index (χ1v) is 23.0. The van der Waals surface area contributed by atoms with Crippen molar-refractivity contribution in [2.24, 2.45) is 0 Å². The second kappa shape index (κ2) is 33.1. The number of carbonyl (C=O) groups is 2. The molecule has 2 unspecified atom stereocenters. The van der Waals surface area contributed by atoms with Crippen LogP contribution in [0.1, 0.15) is 174 Å². The van der Waals surface area contributed by atoms with Gasteiger partial charge < -0.3 is 34.3 Å². The van der Waals surface area contributed by atoms with Gasteiger partial charge in [-0.1, -0.05) is 122 Å². The largest absolute Gasteiger partial charge is 0.462 e. The van der Waals surface area contributed by atoms with Crippen molar-refractivity contribution in [1.82, 2.24) is 0 Å². The fourth-order valence-electron chi connectivity index (χ4n) is 6.37. The summed E-state index contributed by atoms with van der Waals surface area (Å²) in [6.07, 6.45) is 25.1. The minimum atomic E-state index is -4.60. The Balaban J connectivity index is 2.49. The molecule has 1 fully saturated rings. The molecule has 55 heavy (non-hydrogen) atoms. The maximum atomic E-state index is 12.8. The molecule has 12 nitrogen and oxygen atoms in total. The standard InChI is InChI=1S/C42H76O12S/c1-3-5-7-9-11-13-15-17-18-19-21-23-25-27-29-31-38(44)53-35(33-52-42-41(47)40(46)39(45)36(54-42)34-55(48,49)50)32-51-37(43)30-28-26-24-22-20-16-14-12-10-8-6-4-2/h12,14,17-18,35-36,39-42,45-47H,3-11,13,15-16,19-34H2,1-2H3,(H,48,49,50)/b14-12+,18-17+/t35-,36-,39-,40?,41?,42+/m1/s1. The van der Waals surface area contributed by atoms with Crippen LogP contribution in [0.4, 0.5) is 0 Å². The van der Waals surface area contributed by atoms with E-state index in [4.69, 9.17) is 18.9 Å². The first-order chi connectivity index (χ1) is 26.5. The zero-order valence-electron chi connectivity index (χ0n) is 34.0. The Morgan fingerprint density at radius 3 is 1.55 bits per heavy atom. The van der Waals surface area contributed by atoms with E-state index in [2.05, 4.69) is 38.2 Å². The zero-order valence-corrected chi connectivity index (χ0v) is 34.9. The van der Waals surface area contributed by atoms with E-state index >= 15 is 0 Å². The van der Waals surface area contributed by atoms with Gasteiger partial charge in [-0.05, 0) is 64.2 Å². The van der Waals surface area contributed by atoms with Crippen LogP contribution in [0.15, 0.2) is 24.3 Å². The summed E-state index contributed by atoms with van der Waals surface area (Å²) in [5, 5.41) is 30.8. The molecule has 1 heterocycles. The molecule has 0 aromatic rings. The van der Waals surface area contributed by atoms with E-state index in [9.17, 15) is 37.9 Å². The highest BCUT2D eigenvalue weighted by molar-refractivity contribution is 7.85. The molecule has 6 atom stereocenters. The highest BCUT2D eigenvalue weighted by atomic mass is 32.2. The molecule has 0 aromatic heterocycles. The van der Waals surface area contributed by atoms with Crippen molar-refractivity contribution in [2.75, 3.05) is 19.0 Å². The van der Waals surface area contributed by atoms with E-state index in [1.165, 1.54) is 57.8 Å². The summed E-state index contributed by atoms with van der Waals surface area (Å²) >= 11 is 0. The van der Waals surface area contributed by atoms with Gasteiger partial charge in [0.25, 0.3) is 10.1 Å². The average molecular weight is 805 g/mol. The molecule has 1 rings (SSSR count). The Kier molecular flexibility index (Phi) is 30.8. The highest BCUT2D eigenvalue weighted by Crippen LogP contribution is 2.24. The van der Waals surface area contributed by atoms with Crippen molar-refractivity contribution < 1.29 is 56.8 Å². The molecular formula is C42H76O12S. The Bertz CT molecular complexity index is 1130. The quantitative estimate of drug-likeness (QED) is 0.0209. The number of aliphatic hydroxyl groups excluding tert-OH is 3. The number of rotatable bonds is 35. The van der Waals surface area contributed by atoms with Crippen molar-refractivity contribution >= 4 is 22.1 Å². The van der Waals surface area contributed by atoms with Gasteiger partial charge in [0.2, 0.25) is 0 Å². The van der Waals surface area contributed by atoms with Crippen LogP contribution >= 0.6 is 0 Å². The number of ether oxygens (including phenoxy) is 4. The Morgan fingerprint density at radius 1 is 0.600 bits per heavy atom. The van der Waals surface area contributed by atoms with Crippen LogP contribution in [0.5, 0.6) is 0 Å². The third-order valence-electron chi connectivity index (χ3n) is 9.75. The number of esters is 2. The van der Waals surface area contributed by atoms with E-state index < -0.39 is 71.2 Å². The number of aliphatic hydroxyl groups is 3. The summed E-state index contributed by atoms with van der Waals surface area (Å²) in [7, 11) is -4.60. The summed E-state index contributed by atoms with van der Waals surface area (Å²) in [4.78, 5) is 25.3. The van der Waals surface area contributed by atoms with E-state index in [-0.39, 0.29) is 19.4 Å². The molecule has 0 bridgehead atoms. The average Bonchev–Trinajstić information content (AvgIpc) is 3.14. The van der Waals surface area contributed by atoms with Crippen molar-refractivity contribution in [3.05, 3.63) is 24.3 Å². The normalized spacial score (nSPS) is 21.0. The summed E-state index contributed by atoms with van der Waals surface area (Å²) in [6, 6.07) is 0. The van der Waals surface area contributed by atoms with E-state index in [1.54, 1.807) is 0 Å². The SMILES string of the molecule is CCCCC/C=C/CCCCCCCC(=O)OC[C@H](CO[C@H]1O[C@H](CS(=O)(=O)O)[C@@H](O)C(O)C1O)OC(=O)CCCCCCC/C=C/CCCCCCCC. The maximum Gasteiger partial charge on any atom is 0.306 e. The lowest BCUT2D eigenvalue weighted by Crippen LogP contribution is -2.60. The molecule has 1 saturated heterocycles. The Hall–Kier alpha value is -1.87. The number of allylic oxidation sites excluding steroid dienone is 4. The topological polar surface area (TPSA) is 186 Å². The summed E-state index contributed by atoms with van der Waals surface area (Å²) in [5.74, 6) is -2.00. The molecule has 13 heteroatoms. The number of unbranched alkanes of at least 4 members (excludes halogenated alkanes) is 19. The van der Waals surface area contributed by atoms with Crippen molar-refractivity contribution in [3.8, 4) is 0 Å². The van der Waals surface area contributed by atoms with Crippen molar-refractivity contribution in [3.63, 3.8) is 0 Å². The van der Waals surface area contributed by atoms with Crippen LogP contribution in [-0.2, 0) is 38.7 Å². The van der Waals surface area contributed by atoms with Gasteiger partial charge in [0.15, 0.2) is 12.4 Å². The van der Waals surface area contributed by atoms with Gasteiger partial charge in [-0.15, -0.1) is 0 Å². The predicted octanol–water partition coefficient (Wildman–Crippen LogP) is 8.06.